The van der Waals surface area contributed by atoms with Crippen LogP contribution in [0.15, 0.2) is 16.7 Å². The molecule has 8 nitrogen and oxygen atoms in total. The van der Waals surface area contributed by atoms with Crippen molar-refractivity contribution >= 4 is 11.9 Å². The van der Waals surface area contributed by atoms with Crippen molar-refractivity contribution in [3.63, 3.8) is 0 Å². The summed E-state index contributed by atoms with van der Waals surface area (Å²) in [5.74, 6) is -1.49. The van der Waals surface area contributed by atoms with Crippen molar-refractivity contribution in [2.75, 3.05) is 39.4 Å². The highest BCUT2D eigenvalue weighted by Gasteiger charge is 2.51. The highest BCUT2D eigenvalue weighted by molar-refractivity contribution is 5.81. The van der Waals surface area contributed by atoms with Gasteiger partial charge in [-0.2, -0.15) is 13.2 Å². The Balaban J connectivity index is 0.000000360. The fraction of sp³-hybridized carbons (Fsp3) is 0.667. The summed E-state index contributed by atoms with van der Waals surface area (Å²) in [6, 6.07) is 0. The van der Waals surface area contributed by atoms with E-state index >= 15 is 0 Å². The number of alkyl halides is 3. The highest BCUT2D eigenvalue weighted by Crippen LogP contribution is 2.45. The topological polar surface area (TPSA) is 96.1 Å². The predicted octanol–water partition coefficient (Wildman–Crippen LogP) is 2.55. The van der Waals surface area contributed by atoms with Gasteiger partial charge in [-0.3, -0.25) is 9.69 Å². The van der Waals surface area contributed by atoms with Crippen molar-refractivity contribution in [2.45, 2.75) is 39.4 Å². The molecule has 1 spiro atoms. The van der Waals surface area contributed by atoms with Crippen LogP contribution < -0.4 is 0 Å². The highest BCUT2D eigenvalue weighted by atomic mass is 19.4. The average molecular weight is 459 g/mol. The summed E-state index contributed by atoms with van der Waals surface area (Å²) in [5.41, 5.74) is 2.17. The predicted molar refractivity (Wildman–Crippen MR) is 107 cm³/mol. The van der Waals surface area contributed by atoms with E-state index < -0.39 is 12.1 Å². The first-order valence-corrected chi connectivity index (χ1v) is 10.5. The number of carbonyl (C=O) groups is 2. The Bertz CT molecular complexity index is 834. The summed E-state index contributed by atoms with van der Waals surface area (Å²) in [6.07, 6.45) is 1.04. The molecule has 1 amide bonds. The molecule has 1 aromatic rings. The Kier molecular flexibility index (Phi) is 7.29. The standard InChI is InChI=1S/C19H27N3O3.C2HF3O2/c1-14-16(15(2)25-20-14)11-21-12-17(18(23)22-7-3-4-8-22)19(13-21)5-9-24-10-6-19;3-2(4,5)1(6)7/h3-4,17H,5-13H2,1-2H3;(H,6,7). The van der Waals surface area contributed by atoms with E-state index in [2.05, 4.69) is 22.2 Å². The lowest BCUT2D eigenvalue weighted by molar-refractivity contribution is -0.192. The number of ether oxygens (including phenoxy) is 1. The first kappa shape index (κ1) is 24.2. The number of hydrogen-bond donors (Lipinski definition) is 1. The summed E-state index contributed by atoms with van der Waals surface area (Å²) >= 11 is 0. The van der Waals surface area contributed by atoms with Crippen LogP contribution in [0.4, 0.5) is 13.2 Å². The van der Waals surface area contributed by atoms with Gasteiger partial charge in [-0.1, -0.05) is 17.3 Å². The molecular formula is C21H28F3N3O5. The molecule has 2 saturated heterocycles. The molecular weight excluding hydrogens is 431 g/mol. The molecule has 2 fully saturated rings. The molecule has 0 saturated carbocycles. The van der Waals surface area contributed by atoms with Crippen LogP contribution in [-0.4, -0.2) is 77.5 Å². The van der Waals surface area contributed by atoms with Crippen LogP contribution in [0, 0.1) is 25.2 Å². The monoisotopic (exact) mass is 459 g/mol. The van der Waals surface area contributed by atoms with E-state index in [9.17, 15) is 18.0 Å². The molecule has 1 aromatic heterocycles. The minimum Gasteiger partial charge on any atom is -0.475 e. The Morgan fingerprint density at radius 3 is 2.31 bits per heavy atom. The summed E-state index contributed by atoms with van der Waals surface area (Å²) in [6.45, 7) is 9.59. The molecule has 32 heavy (non-hydrogen) atoms. The molecule has 3 aliphatic rings. The van der Waals surface area contributed by atoms with Crippen molar-refractivity contribution in [2.24, 2.45) is 11.3 Å². The lowest BCUT2D eigenvalue weighted by atomic mass is 9.71. The van der Waals surface area contributed by atoms with Crippen LogP contribution in [0.2, 0.25) is 0 Å². The molecule has 1 N–H and O–H groups in total. The van der Waals surface area contributed by atoms with Crippen LogP contribution in [0.25, 0.3) is 0 Å². The summed E-state index contributed by atoms with van der Waals surface area (Å²) < 4.78 is 42.7. The van der Waals surface area contributed by atoms with Gasteiger partial charge in [0.15, 0.2) is 0 Å². The van der Waals surface area contributed by atoms with Crippen molar-refractivity contribution in [3.8, 4) is 0 Å². The largest absolute Gasteiger partial charge is 0.490 e. The van der Waals surface area contributed by atoms with Gasteiger partial charge < -0.3 is 19.3 Å². The van der Waals surface area contributed by atoms with Crippen LogP contribution in [0.5, 0.6) is 0 Å². The van der Waals surface area contributed by atoms with Gasteiger partial charge in [0.1, 0.15) is 5.76 Å². The summed E-state index contributed by atoms with van der Waals surface area (Å²) in [5, 5.41) is 11.2. The fourth-order valence-corrected chi connectivity index (χ4v) is 4.65. The molecule has 11 heteroatoms. The van der Waals surface area contributed by atoms with E-state index in [-0.39, 0.29) is 11.3 Å². The summed E-state index contributed by atoms with van der Waals surface area (Å²) in [4.78, 5) is 26.5. The number of likely N-dealkylation sites (tertiary alicyclic amines) is 1. The summed E-state index contributed by atoms with van der Waals surface area (Å²) in [7, 11) is 0. The second-order valence-electron chi connectivity index (χ2n) is 8.52. The van der Waals surface area contributed by atoms with Gasteiger partial charge in [0.05, 0.1) is 11.6 Å². The number of carboxylic acid groups (broad SMARTS) is 1. The fourth-order valence-electron chi connectivity index (χ4n) is 4.65. The van der Waals surface area contributed by atoms with Gasteiger partial charge in [-0.05, 0) is 26.7 Å². The maximum absolute atomic E-state index is 13.2. The number of carbonyl (C=O) groups excluding carboxylic acids is 1. The SMILES string of the molecule is Cc1noc(C)c1CN1CC(C(=O)N2CC=CC2)C2(CCOCC2)C1.O=C(O)C(F)(F)F. The number of aryl methyl sites for hydroxylation is 2. The molecule has 4 rings (SSSR count). The molecule has 0 radical (unpaired) electrons. The molecule has 3 aliphatic heterocycles. The smallest absolute Gasteiger partial charge is 0.475 e. The molecule has 0 aromatic carbocycles. The van der Waals surface area contributed by atoms with Gasteiger partial charge in [-0.15, -0.1) is 0 Å². The third-order valence-corrected chi connectivity index (χ3v) is 6.44. The molecule has 1 atom stereocenters. The van der Waals surface area contributed by atoms with Crippen LogP contribution >= 0.6 is 0 Å². The first-order chi connectivity index (χ1) is 15.0. The molecule has 0 bridgehead atoms. The zero-order valence-corrected chi connectivity index (χ0v) is 18.2. The van der Waals surface area contributed by atoms with Crippen molar-refractivity contribution in [1.29, 1.82) is 0 Å². The minimum atomic E-state index is -5.08. The van der Waals surface area contributed by atoms with Gasteiger partial charge in [0.2, 0.25) is 5.91 Å². The van der Waals surface area contributed by atoms with E-state index in [1.54, 1.807) is 0 Å². The van der Waals surface area contributed by atoms with Crippen LogP contribution in [0.3, 0.4) is 0 Å². The van der Waals surface area contributed by atoms with E-state index in [0.29, 0.717) is 5.91 Å². The van der Waals surface area contributed by atoms with Crippen molar-refractivity contribution in [1.82, 2.24) is 15.0 Å². The zero-order valence-electron chi connectivity index (χ0n) is 18.2. The lowest BCUT2D eigenvalue weighted by Gasteiger charge is -2.38. The Labute approximate surface area is 184 Å². The third kappa shape index (κ3) is 5.32. The number of nitrogens with zero attached hydrogens (tertiary/aromatic N) is 3. The molecule has 4 heterocycles. The van der Waals surface area contributed by atoms with E-state index in [1.807, 2.05) is 18.7 Å². The van der Waals surface area contributed by atoms with Gasteiger partial charge in [0, 0.05) is 56.9 Å². The van der Waals surface area contributed by atoms with Crippen LogP contribution in [-0.2, 0) is 20.9 Å². The second-order valence-corrected chi connectivity index (χ2v) is 8.52. The lowest BCUT2D eigenvalue weighted by Crippen LogP contribution is -2.45. The first-order valence-electron chi connectivity index (χ1n) is 10.5. The van der Waals surface area contributed by atoms with Gasteiger partial charge in [0.25, 0.3) is 0 Å². The number of rotatable bonds is 3. The maximum atomic E-state index is 13.2. The van der Waals surface area contributed by atoms with Crippen molar-refractivity contribution in [3.05, 3.63) is 29.2 Å². The number of amides is 1. The number of aromatic nitrogens is 1. The molecule has 1 unspecified atom stereocenters. The maximum Gasteiger partial charge on any atom is 0.490 e. The minimum absolute atomic E-state index is 0.0525. The Morgan fingerprint density at radius 2 is 1.81 bits per heavy atom. The second kappa shape index (κ2) is 9.62. The molecule has 178 valence electrons. The number of aliphatic carboxylic acids is 1. The Hall–Kier alpha value is -2.40. The normalized spacial score (nSPS) is 22.8. The average Bonchev–Trinajstić information content (AvgIpc) is 3.45. The van der Waals surface area contributed by atoms with Gasteiger partial charge in [-0.25, -0.2) is 4.79 Å². The molecule has 0 aliphatic carbocycles. The van der Waals surface area contributed by atoms with Crippen molar-refractivity contribution < 1.29 is 37.1 Å². The Morgan fingerprint density at radius 1 is 1.22 bits per heavy atom. The zero-order chi connectivity index (χ0) is 23.5. The van der Waals surface area contributed by atoms with E-state index in [4.69, 9.17) is 19.2 Å². The number of carboxylic acids is 1. The number of halogens is 3. The van der Waals surface area contributed by atoms with E-state index in [1.165, 1.54) is 0 Å². The third-order valence-electron chi connectivity index (χ3n) is 6.44. The van der Waals surface area contributed by atoms with E-state index in [0.717, 1.165) is 75.8 Å². The quantitative estimate of drug-likeness (QED) is 0.694. The van der Waals surface area contributed by atoms with Gasteiger partial charge >= 0.3 is 12.1 Å². The number of hydrogen-bond acceptors (Lipinski definition) is 6. The van der Waals surface area contributed by atoms with Crippen LogP contribution in [0.1, 0.15) is 29.9 Å².